The minimum absolute atomic E-state index is 0.402. The quantitative estimate of drug-likeness (QED) is 0.663. The third-order valence-electron chi connectivity index (χ3n) is 3.29. The lowest BCUT2D eigenvalue weighted by Crippen LogP contribution is -2.30. The third kappa shape index (κ3) is 2.19. The van der Waals surface area contributed by atoms with Gasteiger partial charge in [0, 0.05) is 6.04 Å². The van der Waals surface area contributed by atoms with Crippen LogP contribution in [0, 0.1) is 5.41 Å². The SMILES string of the molecule is CCC1(CC[C@@H](C)N)CCC1. The van der Waals surface area contributed by atoms with E-state index in [1.807, 2.05) is 0 Å². The highest BCUT2D eigenvalue weighted by molar-refractivity contribution is 4.86. The van der Waals surface area contributed by atoms with Crippen molar-refractivity contribution in [1.82, 2.24) is 0 Å². The predicted octanol–water partition coefficient (Wildman–Crippen LogP) is 2.69. The van der Waals surface area contributed by atoms with Gasteiger partial charge in [-0.25, -0.2) is 0 Å². The minimum Gasteiger partial charge on any atom is -0.328 e. The summed E-state index contributed by atoms with van der Waals surface area (Å²) in [5.41, 5.74) is 6.45. The van der Waals surface area contributed by atoms with Crippen molar-refractivity contribution in [3.05, 3.63) is 0 Å². The number of hydrogen-bond acceptors (Lipinski definition) is 1. The Hall–Kier alpha value is -0.0400. The first-order valence-corrected chi connectivity index (χ1v) is 4.94. The molecule has 0 aromatic carbocycles. The van der Waals surface area contributed by atoms with E-state index in [1.54, 1.807) is 0 Å². The molecule has 0 radical (unpaired) electrons. The summed E-state index contributed by atoms with van der Waals surface area (Å²) >= 11 is 0. The van der Waals surface area contributed by atoms with E-state index in [1.165, 1.54) is 38.5 Å². The maximum atomic E-state index is 5.73. The van der Waals surface area contributed by atoms with Crippen molar-refractivity contribution in [2.45, 2.75) is 58.4 Å². The molecule has 0 amide bonds. The van der Waals surface area contributed by atoms with Crippen molar-refractivity contribution >= 4 is 0 Å². The standard InChI is InChI=1S/C10H21N/c1-3-10(6-4-7-10)8-5-9(2)11/h9H,3-8,11H2,1-2H3/t9-/m1/s1. The second kappa shape index (κ2) is 3.57. The maximum Gasteiger partial charge on any atom is 0.00106 e. The van der Waals surface area contributed by atoms with Crippen molar-refractivity contribution in [1.29, 1.82) is 0 Å². The first-order chi connectivity index (χ1) is 5.18. The lowest BCUT2D eigenvalue weighted by molar-refractivity contribution is 0.108. The summed E-state index contributed by atoms with van der Waals surface area (Å²) in [4.78, 5) is 0. The smallest absolute Gasteiger partial charge is 0.00106 e. The minimum atomic E-state index is 0.402. The maximum absolute atomic E-state index is 5.73. The largest absolute Gasteiger partial charge is 0.328 e. The van der Waals surface area contributed by atoms with E-state index in [-0.39, 0.29) is 0 Å². The van der Waals surface area contributed by atoms with E-state index >= 15 is 0 Å². The molecule has 0 spiro atoms. The predicted molar refractivity (Wildman–Crippen MR) is 49.5 cm³/mol. The van der Waals surface area contributed by atoms with E-state index < -0.39 is 0 Å². The van der Waals surface area contributed by atoms with E-state index in [4.69, 9.17) is 5.73 Å². The van der Waals surface area contributed by atoms with Gasteiger partial charge in [0.1, 0.15) is 0 Å². The monoisotopic (exact) mass is 155 g/mol. The van der Waals surface area contributed by atoms with Gasteiger partial charge in [0.05, 0.1) is 0 Å². The molecule has 1 saturated carbocycles. The average Bonchev–Trinajstić information content (AvgIpc) is 1.86. The van der Waals surface area contributed by atoms with Crippen LogP contribution in [-0.2, 0) is 0 Å². The van der Waals surface area contributed by atoms with Crippen LogP contribution < -0.4 is 5.73 Å². The zero-order chi connectivity index (χ0) is 8.32. The van der Waals surface area contributed by atoms with Crippen molar-refractivity contribution in [3.8, 4) is 0 Å². The molecule has 1 fully saturated rings. The van der Waals surface area contributed by atoms with E-state index in [9.17, 15) is 0 Å². The summed E-state index contributed by atoms with van der Waals surface area (Å²) in [6.45, 7) is 4.43. The van der Waals surface area contributed by atoms with Crippen LogP contribution in [0.25, 0.3) is 0 Å². The summed E-state index contributed by atoms with van der Waals surface area (Å²) in [6.07, 6.45) is 8.30. The molecule has 0 saturated heterocycles. The molecule has 0 aromatic heterocycles. The van der Waals surface area contributed by atoms with Crippen molar-refractivity contribution in [3.63, 3.8) is 0 Å². The van der Waals surface area contributed by atoms with E-state index in [0.717, 1.165) is 0 Å². The van der Waals surface area contributed by atoms with Crippen LogP contribution in [0.3, 0.4) is 0 Å². The molecule has 0 bridgehead atoms. The van der Waals surface area contributed by atoms with Crippen molar-refractivity contribution in [2.24, 2.45) is 11.1 Å². The van der Waals surface area contributed by atoms with Gasteiger partial charge >= 0.3 is 0 Å². The summed E-state index contributed by atoms with van der Waals surface area (Å²) in [6, 6.07) is 0.402. The van der Waals surface area contributed by atoms with E-state index in [0.29, 0.717) is 11.5 Å². The Kier molecular flexibility index (Phi) is 2.94. The Morgan fingerprint density at radius 1 is 1.45 bits per heavy atom. The van der Waals surface area contributed by atoms with Gasteiger partial charge < -0.3 is 5.73 Å². The fourth-order valence-corrected chi connectivity index (χ4v) is 1.99. The van der Waals surface area contributed by atoms with Crippen LogP contribution in [0.4, 0.5) is 0 Å². The molecule has 66 valence electrons. The van der Waals surface area contributed by atoms with Gasteiger partial charge in [0.2, 0.25) is 0 Å². The molecule has 0 unspecified atom stereocenters. The van der Waals surface area contributed by atoms with Gasteiger partial charge in [-0.1, -0.05) is 19.8 Å². The zero-order valence-corrected chi connectivity index (χ0v) is 7.90. The Morgan fingerprint density at radius 3 is 2.36 bits per heavy atom. The highest BCUT2D eigenvalue weighted by Crippen LogP contribution is 2.47. The molecule has 1 rings (SSSR count). The van der Waals surface area contributed by atoms with Crippen LogP contribution >= 0.6 is 0 Å². The molecular weight excluding hydrogens is 134 g/mol. The summed E-state index contributed by atoms with van der Waals surface area (Å²) in [5.74, 6) is 0. The van der Waals surface area contributed by atoms with Gasteiger partial charge in [-0.15, -0.1) is 0 Å². The zero-order valence-electron chi connectivity index (χ0n) is 7.90. The molecule has 1 atom stereocenters. The Morgan fingerprint density at radius 2 is 2.09 bits per heavy atom. The van der Waals surface area contributed by atoms with Gasteiger partial charge in [-0.2, -0.15) is 0 Å². The van der Waals surface area contributed by atoms with Crippen LogP contribution in [0.5, 0.6) is 0 Å². The van der Waals surface area contributed by atoms with Crippen molar-refractivity contribution in [2.75, 3.05) is 0 Å². The molecule has 0 aliphatic heterocycles. The Bertz CT molecular complexity index is 109. The molecule has 0 heterocycles. The lowest BCUT2D eigenvalue weighted by Gasteiger charge is -2.42. The topological polar surface area (TPSA) is 26.0 Å². The molecular formula is C10H21N. The molecule has 1 nitrogen and oxygen atoms in total. The molecule has 0 aromatic rings. The van der Waals surface area contributed by atoms with E-state index in [2.05, 4.69) is 13.8 Å². The second-order valence-corrected chi connectivity index (χ2v) is 4.22. The fraction of sp³-hybridized carbons (Fsp3) is 1.00. The van der Waals surface area contributed by atoms with Gasteiger partial charge in [-0.3, -0.25) is 0 Å². The number of rotatable bonds is 4. The summed E-state index contributed by atoms with van der Waals surface area (Å²) < 4.78 is 0. The van der Waals surface area contributed by atoms with Gasteiger partial charge in [0.25, 0.3) is 0 Å². The van der Waals surface area contributed by atoms with Gasteiger partial charge in [0.15, 0.2) is 0 Å². The van der Waals surface area contributed by atoms with Crippen LogP contribution in [0.2, 0.25) is 0 Å². The number of hydrogen-bond donors (Lipinski definition) is 1. The fourth-order valence-electron chi connectivity index (χ4n) is 1.99. The average molecular weight is 155 g/mol. The summed E-state index contributed by atoms with van der Waals surface area (Å²) in [5, 5.41) is 0. The molecule has 1 heteroatoms. The summed E-state index contributed by atoms with van der Waals surface area (Å²) in [7, 11) is 0. The molecule has 1 aliphatic rings. The van der Waals surface area contributed by atoms with Crippen LogP contribution in [0.15, 0.2) is 0 Å². The second-order valence-electron chi connectivity index (χ2n) is 4.22. The number of nitrogens with two attached hydrogens (primary N) is 1. The molecule has 2 N–H and O–H groups in total. The highest BCUT2D eigenvalue weighted by atomic mass is 14.6. The lowest BCUT2D eigenvalue weighted by atomic mass is 9.64. The third-order valence-corrected chi connectivity index (χ3v) is 3.29. The van der Waals surface area contributed by atoms with Crippen LogP contribution in [-0.4, -0.2) is 6.04 Å². The first-order valence-electron chi connectivity index (χ1n) is 4.94. The Balaban J connectivity index is 2.22. The highest BCUT2D eigenvalue weighted by Gasteiger charge is 2.34. The van der Waals surface area contributed by atoms with Crippen molar-refractivity contribution < 1.29 is 0 Å². The molecule has 11 heavy (non-hydrogen) atoms. The van der Waals surface area contributed by atoms with Gasteiger partial charge in [-0.05, 0) is 38.0 Å². The normalized spacial score (nSPS) is 24.3. The Labute approximate surface area is 70.4 Å². The first kappa shape index (κ1) is 9.05. The van der Waals surface area contributed by atoms with Crippen LogP contribution in [0.1, 0.15) is 52.4 Å². The molecule has 1 aliphatic carbocycles.